The van der Waals surface area contributed by atoms with Crippen molar-refractivity contribution in [2.75, 3.05) is 50.2 Å². The Hall–Kier alpha value is -2.59. The van der Waals surface area contributed by atoms with E-state index in [4.69, 9.17) is 4.74 Å². The summed E-state index contributed by atoms with van der Waals surface area (Å²) in [7, 11) is 3.51. The van der Waals surface area contributed by atoms with Crippen LogP contribution in [0.3, 0.4) is 0 Å². The van der Waals surface area contributed by atoms with Gasteiger partial charge < -0.3 is 19.5 Å². The third-order valence-corrected chi connectivity index (χ3v) is 6.41. The number of ether oxygens (including phenoxy) is 1. The van der Waals surface area contributed by atoms with Crippen molar-refractivity contribution in [1.82, 2.24) is 20.5 Å². The molecule has 1 fully saturated rings. The van der Waals surface area contributed by atoms with Gasteiger partial charge in [-0.25, -0.2) is 5.43 Å². The maximum Gasteiger partial charge on any atom is 0.416 e. The lowest BCUT2D eigenvalue weighted by molar-refractivity contribution is -0.137. The third-order valence-electron chi connectivity index (χ3n) is 6.41. The van der Waals surface area contributed by atoms with E-state index in [-0.39, 0.29) is 5.75 Å². The molecule has 7 nitrogen and oxygen atoms in total. The van der Waals surface area contributed by atoms with Crippen molar-refractivity contribution in [2.24, 2.45) is 0 Å². The first-order valence-electron chi connectivity index (χ1n) is 10.5. The summed E-state index contributed by atoms with van der Waals surface area (Å²) >= 11 is 0. The molecule has 10 heteroatoms. The van der Waals surface area contributed by atoms with Crippen molar-refractivity contribution in [3.05, 3.63) is 29.3 Å². The molecule has 4 heterocycles. The second kappa shape index (κ2) is 7.52. The molecular formula is C21H25F3N6O. The summed E-state index contributed by atoms with van der Waals surface area (Å²) in [5.41, 5.74) is 5.62. The van der Waals surface area contributed by atoms with Gasteiger partial charge in [0, 0.05) is 36.8 Å². The summed E-state index contributed by atoms with van der Waals surface area (Å²) in [6.07, 6.45) is -2.17. The molecule has 5 rings (SSSR count). The minimum Gasteiger partial charge on any atom is -0.496 e. The number of likely N-dealkylation sites (tertiary alicyclic amines) is 1. The number of hydrogen-bond donors (Lipinski definition) is 1. The number of aromatic nitrogens is 2. The molecule has 166 valence electrons. The lowest BCUT2D eigenvalue weighted by Crippen LogP contribution is -2.53. The maximum atomic E-state index is 13.2. The van der Waals surface area contributed by atoms with Gasteiger partial charge in [-0.05, 0) is 44.6 Å². The van der Waals surface area contributed by atoms with Crippen molar-refractivity contribution in [3.63, 3.8) is 0 Å². The summed E-state index contributed by atoms with van der Waals surface area (Å²) in [5, 5.41) is 11.1. The van der Waals surface area contributed by atoms with E-state index in [1.54, 1.807) is 0 Å². The molecule has 0 unspecified atom stereocenters. The van der Waals surface area contributed by atoms with Crippen LogP contribution in [0, 0.1) is 0 Å². The Kier molecular flexibility index (Phi) is 4.93. The topological polar surface area (TPSA) is 56.8 Å². The largest absolute Gasteiger partial charge is 0.496 e. The average molecular weight is 434 g/mol. The van der Waals surface area contributed by atoms with Crippen LogP contribution in [0.15, 0.2) is 18.2 Å². The molecular weight excluding hydrogens is 409 g/mol. The van der Waals surface area contributed by atoms with E-state index in [0.717, 1.165) is 68.2 Å². The van der Waals surface area contributed by atoms with Crippen LogP contribution in [-0.2, 0) is 12.7 Å². The quantitative estimate of drug-likeness (QED) is 0.797. The molecule has 0 aliphatic carbocycles. The molecule has 1 aromatic heterocycles. The van der Waals surface area contributed by atoms with Gasteiger partial charge in [-0.15, -0.1) is 10.2 Å². The molecule has 1 aromatic carbocycles. The molecule has 2 aromatic rings. The van der Waals surface area contributed by atoms with Crippen LogP contribution in [0.25, 0.3) is 11.3 Å². The van der Waals surface area contributed by atoms with E-state index in [2.05, 4.69) is 37.5 Å². The summed E-state index contributed by atoms with van der Waals surface area (Å²) in [5.74, 6) is 0.988. The van der Waals surface area contributed by atoms with Crippen molar-refractivity contribution >= 4 is 11.5 Å². The molecule has 0 saturated carbocycles. The summed E-state index contributed by atoms with van der Waals surface area (Å²) < 4.78 is 44.8. The first-order chi connectivity index (χ1) is 14.9. The molecule has 0 spiro atoms. The molecule has 1 atom stereocenters. The molecule has 31 heavy (non-hydrogen) atoms. The first-order valence-corrected chi connectivity index (χ1v) is 10.5. The van der Waals surface area contributed by atoms with Gasteiger partial charge in [-0.2, -0.15) is 13.2 Å². The van der Waals surface area contributed by atoms with E-state index < -0.39 is 11.7 Å². The van der Waals surface area contributed by atoms with Crippen LogP contribution >= 0.6 is 0 Å². The SMILES string of the molecule is COc1cc(C(F)(F)F)ccc1-c1nnc2c3c1CNN3CCN2[C@@H]1CCCN(C)C1. The third kappa shape index (κ3) is 3.47. The number of hydrazine groups is 1. The number of alkyl halides is 3. The fraction of sp³-hybridized carbons (Fsp3) is 0.524. The van der Waals surface area contributed by atoms with Crippen LogP contribution in [-0.4, -0.2) is 61.5 Å². The lowest BCUT2D eigenvalue weighted by atomic mass is 10.00. The molecule has 3 aliphatic heterocycles. The lowest BCUT2D eigenvalue weighted by Gasteiger charge is -2.43. The highest BCUT2D eigenvalue weighted by atomic mass is 19.4. The number of nitrogens with zero attached hydrogens (tertiary/aromatic N) is 5. The number of methoxy groups -OCH3 is 1. The van der Waals surface area contributed by atoms with Gasteiger partial charge in [0.15, 0.2) is 5.82 Å². The molecule has 0 radical (unpaired) electrons. The molecule has 3 aliphatic rings. The number of hydrogen-bond acceptors (Lipinski definition) is 7. The number of benzene rings is 1. The number of rotatable bonds is 3. The zero-order valence-corrected chi connectivity index (χ0v) is 17.5. The Bertz CT molecular complexity index is 998. The minimum atomic E-state index is -4.43. The van der Waals surface area contributed by atoms with Crippen molar-refractivity contribution in [2.45, 2.75) is 31.6 Å². The predicted molar refractivity (Wildman–Crippen MR) is 111 cm³/mol. The Balaban J connectivity index is 1.57. The highest BCUT2D eigenvalue weighted by Gasteiger charge is 2.38. The summed E-state index contributed by atoms with van der Waals surface area (Å²) in [6, 6.07) is 3.89. The van der Waals surface area contributed by atoms with Crippen LogP contribution in [0.1, 0.15) is 24.0 Å². The van der Waals surface area contributed by atoms with Gasteiger partial charge >= 0.3 is 6.18 Å². The highest BCUT2D eigenvalue weighted by Crippen LogP contribution is 2.44. The second-order valence-electron chi connectivity index (χ2n) is 8.35. The molecule has 0 bridgehead atoms. The normalized spacial score (nSPS) is 21.4. The van der Waals surface area contributed by atoms with Crippen LogP contribution in [0.4, 0.5) is 24.7 Å². The minimum absolute atomic E-state index is 0.139. The Labute approximate surface area is 178 Å². The Morgan fingerprint density at radius 3 is 2.74 bits per heavy atom. The van der Waals surface area contributed by atoms with Crippen LogP contribution in [0.5, 0.6) is 5.75 Å². The molecule has 1 N–H and O–H groups in total. The Morgan fingerprint density at radius 2 is 2.00 bits per heavy atom. The zero-order chi connectivity index (χ0) is 21.8. The van der Waals surface area contributed by atoms with Crippen LogP contribution < -0.4 is 20.1 Å². The van der Waals surface area contributed by atoms with E-state index in [1.165, 1.54) is 13.2 Å². The highest BCUT2D eigenvalue weighted by molar-refractivity contribution is 5.83. The fourth-order valence-corrected chi connectivity index (χ4v) is 4.88. The Morgan fingerprint density at radius 1 is 1.16 bits per heavy atom. The van der Waals surface area contributed by atoms with Crippen molar-refractivity contribution in [3.8, 4) is 17.0 Å². The predicted octanol–water partition coefficient (Wildman–Crippen LogP) is 2.91. The van der Waals surface area contributed by atoms with E-state index in [1.807, 2.05) is 0 Å². The molecule has 0 amide bonds. The summed E-state index contributed by atoms with van der Waals surface area (Å²) in [6.45, 7) is 4.31. The van der Waals surface area contributed by atoms with Gasteiger partial charge in [0.25, 0.3) is 0 Å². The average Bonchev–Trinajstić information content (AvgIpc) is 3.19. The first kappa shape index (κ1) is 20.3. The van der Waals surface area contributed by atoms with E-state index in [9.17, 15) is 13.2 Å². The van der Waals surface area contributed by atoms with E-state index in [0.29, 0.717) is 23.8 Å². The number of anilines is 2. The number of nitrogens with one attached hydrogen (secondary N) is 1. The van der Waals surface area contributed by atoms with Crippen LogP contribution in [0.2, 0.25) is 0 Å². The monoisotopic (exact) mass is 434 g/mol. The smallest absolute Gasteiger partial charge is 0.416 e. The standard InChI is InChI=1S/C21H25F3N6O/c1-28-7-3-4-14(12-28)29-8-9-30-19-16(11-25-30)18(26-27-20(19)29)15-6-5-13(21(22,23)24)10-17(15)31-2/h5-6,10,14,25H,3-4,7-9,11-12H2,1-2H3/t14-/m1/s1. The maximum absolute atomic E-state index is 13.2. The fourth-order valence-electron chi connectivity index (χ4n) is 4.88. The van der Waals surface area contributed by atoms with Gasteiger partial charge in [0.2, 0.25) is 0 Å². The number of piperidine rings is 1. The molecule has 1 saturated heterocycles. The second-order valence-corrected chi connectivity index (χ2v) is 8.35. The van der Waals surface area contributed by atoms with E-state index >= 15 is 0 Å². The zero-order valence-electron chi connectivity index (χ0n) is 17.5. The van der Waals surface area contributed by atoms with Gasteiger partial charge in [0.05, 0.1) is 19.2 Å². The van der Waals surface area contributed by atoms with Crippen molar-refractivity contribution in [1.29, 1.82) is 0 Å². The van der Waals surface area contributed by atoms with Crippen molar-refractivity contribution < 1.29 is 17.9 Å². The van der Waals surface area contributed by atoms with Gasteiger partial charge in [-0.1, -0.05) is 0 Å². The number of halogens is 3. The number of likely N-dealkylation sites (N-methyl/N-ethyl adjacent to an activating group) is 1. The summed E-state index contributed by atoms with van der Waals surface area (Å²) in [4.78, 5) is 4.69. The van der Waals surface area contributed by atoms with Gasteiger partial charge in [-0.3, -0.25) is 0 Å². The van der Waals surface area contributed by atoms with Gasteiger partial charge in [0.1, 0.15) is 17.1 Å².